The molecule has 1 atom stereocenters. The van der Waals surface area contributed by atoms with Crippen LogP contribution in [0.2, 0.25) is 0 Å². The van der Waals surface area contributed by atoms with Gasteiger partial charge in [0.2, 0.25) is 9.84 Å². The van der Waals surface area contributed by atoms with E-state index in [0.717, 1.165) is 76.2 Å². The molecule has 0 radical (unpaired) electrons. The summed E-state index contributed by atoms with van der Waals surface area (Å²) >= 11 is 0. The second-order valence-electron chi connectivity index (χ2n) is 12.0. The van der Waals surface area contributed by atoms with E-state index in [2.05, 4.69) is 0 Å². The molecule has 0 bridgehead atoms. The van der Waals surface area contributed by atoms with Gasteiger partial charge in [-0.05, 0) is 79.9 Å². The predicted molar refractivity (Wildman–Crippen MR) is 142 cm³/mol. The third kappa shape index (κ3) is 5.45. The van der Waals surface area contributed by atoms with Gasteiger partial charge in [0.15, 0.2) is 0 Å². The van der Waals surface area contributed by atoms with Crippen LogP contribution in [0, 0.1) is 0 Å². The highest BCUT2D eigenvalue weighted by Crippen LogP contribution is 2.54. The van der Waals surface area contributed by atoms with Crippen molar-refractivity contribution in [3.05, 3.63) is 28.8 Å². The summed E-state index contributed by atoms with van der Waals surface area (Å²) < 4.78 is 135. The SMILES string of the molecule is CC(F)(C(F)(F)S(=O)(=O)O)C(F)(F)S(=O)(=O)c1c(C2CCCCC2)cc(C2CCCCC2)cc1C1CCCCC1. The second kappa shape index (κ2) is 11.4. The predicted octanol–water partition coefficient (Wildman–Crippen LogP) is 8.41. The molecular formula is C28H39F5O5S2. The minimum absolute atomic E-state index is 0.103. The van der Waals surface area contributed by atoms with Crippen LogP contribution in [-0.4, -0.2) is 37.6 Å². The number of alkyl halides is 5. The van der Waals surface area contributed by atoms with E-state index in [1.54, 1.807) is 12.1 Å². The summed E-state index contributed by atoms with van der Waals surface area (Å²) in [5.41, 5.74) is -4.40. The van der Waals surface area contributed by atoms with Crippen LogP contribution in [0.25, 0.3) is 0 Å². The molecule has 0 amide bonds. The maximum Gasteiger partial charge on any atom is 0.409 e. The zero-order chi connectivity index (χ0) is 29.6. The van der Waals surface area contributed by atoms with Gasteiger partial charge in [-0.2, -0.15) is 26.0 Å². The van der Waals surface area contributed by atoms with E-state index in [4.69, 9.17) is 4.55 Å². The van der Waals surface area contributed by atoms with Crippen molar-refractivity contribution >= 4 is 20.0 Å². The first-order valence-corrected chi connectivity index (χ1v) is 17.3. The van der Waals surface area contributed by atoms with Crippen LogP contribution in [0.1, 0.15) is 138 Å². The molecule has 0 heterocycles. The first-order chi connectivity index (χ1) is 18.5. The molecule has 0 spiro atoms. The van der Waals surface area contributed by atoms with E-state index >= 15 is 13.2 Å². The van der Waals surface area contributed by atoms with Gasteiger partial charge in [0.1, 0.15) is 0 Å². The van der Waals surface area contributed by atoms with Gasteiger partial charge >= 0.3 is 20.6 Å². The van der Waals surface area contributed by atoms with Crippen LogP contribution in [0.5, 0.6) is 0 Å². The van der Waals surface area contributed by atoms with Gasteiger partial charge in [-0.1, -0.05) is 69.9 Å². The molecule has 5 nitrogen and oxygen atoms in total. The number of hydrogen-bond donors (Lipinski definition) is 1. The molecule has 1 aromatic carbocycles. The third-order valence-electron chi connectivity index (χ3n) is 9.36. The van der Waals surface area contributed by atoms with E-state index in [1.807, 2.05) is 0 Å². The smallest absolute Gasteiger partial charge is 0.281 e. The summed E-state index contributed by atoms with van der Waals surface area (Å²) in [6.07, 6.45) is 11.5. The van der Waals surface area contributed by atoms with Crippen molar-refractivity contribution in [3.63, 3.8) is 0 Å². The highest BCUT2D eigenvalue weighted by Gasteiger charge is 2.78. The quantitative estimate of drug-likeness (QED) is 0.235. The van der Waals surface area contributed by atoms with E-state index in [0.29, 0.717) is 25.7 Å². The Kier molecular flexibility index (Phi) is 9.05. The zero-order valence-corrected chi connectivity index (χ0v) is 24.4. The van der Waals surface area contributed by atoms with Crippen LogP contribution in [-0.2, 0) is 20.0 Å². The van der Waals surface area contributed by atoms with E-state index in [-0.39, 0.29) is 17.0 Å². The third-order valence-corrected chi connectivity index (χ3v) is 12.5. The van der Waals surface area contributed by atoms with Gasteiger partial charge in [0.25, 0.3) is 5.67 Å². The lowest BCUT2D eigenvalue weighted by Gasteiger charge is -2.37. The van der Waals surface area contributed by atoms with Crippen LogP contribution < -0.4 is 0 Å². The molecule has 40 heavy (non-hydrogen) atoms. The summed E-state index contributed by atoms with van der Waals surface area (Å²) in [6.45, 7) is -0.477. The number of rotatable bonds is 8. The average Bonchev–Trinajstić information content (AvgIpc) is 2.92. The summed E-state index contributed by atoms with van der Waals surface area (Å²) in [7, 11) is -12.9. The minimum atomic E-state index is -6.72. The molecular weight excluding hydrogens is 575 g/mol. The van der Waals surface area contributed by atoms with Gasteiger partial charge in [-0.25, -0.2) is 12.8 Å². The molecule has 0 aromatic heterocycles. The Morgan fingerprint density at radius 2 is 0.975 bits per heavy atom. The Bertz CT molecular complexity index is 1240. The van der Waals surface area contributed by atoms with Gasteiger partial charge in [0.05, 0.1) is 4.90 Å². The van der Waals surface area contributed by atoms with Crippen LogP contribution >= 0.6 is 0 Å². The largest absolute Gasteiger partial charge is 0.409 e. The molecule has 3 aliphatic carbocycles. The van der Waals surface area contributed by atoms with Crippen LogP contribution in [0.3, 0.4) is 0 Å². The second-order valence-corrected chi connectivity index (χ2v) is 15.4. The minimum Gasteiger partial charge on any atom is -0.281 e. The summed E-state index contributed by atoms with van der Waals surface area (Å²) in [4.78, 5) is -0.828. The summed E-state index contributed by atoms with van der Waals surface area (Å²) in [5, 5.41) is -12.0. The Hall–Kier alpha value is -1.27. The van der Waals surface area contributed by atoms with Crippen molar-refractivity contribution in [2.45, 2.75) is 142 Å². The van der Waals surface area contributed by atoms with Gasteiger partial charge in [-0.15, -0.1) is 0 Å². The fourth-order valence-electron chi connectivity index (χ4n) is 6.91. The van der Waals surface area contributed by atoms with E-state index < -0.39 is 59.8 Å². The number of benzene rings is 1. The molecule has 3 aliphatic rings. The fourth-order valence-corrected chi connectivity index (χ4v) is 9.54. The fraction of sp³-hybridized carbons (Fsp3) is 0.786. The normalized spacial score (nSPS) is 23.2. The summed E-state index contributed by atoms with van der Waals surface area (Å²) in [5.74, 6) is -0.771. The van der Waals surface area contributed by atoms with Crippen molar-refractivity contribution in [1.82, 2.24) is 0 Å². The Labute approximate surface area is 234 Å². The maximum atomic E-state index is 15.8. The van der Waals surface area contributed by atoms with Crippen molar-refractivity contribution in [2.24, 2.45) is 0 Å². The van der Waals surface area contributed by atoms with Gasteiger partial charge in [0, 0.05) is 0 Å². The highest BCUT2D eigenvalue weighted by atomic mass is 32.2. The number of hydrogen-bond acceptors (Lipinski definition) is 4. The average molecular weight is 615 g/mol. The molecule has 0 saturated heterocycles. The molecule has 3 saturated carbocycles. The lowest BCUT2D eigenvalue weighted by Crippen LogP contribution is -2.61. The molecule has 228 valence electrons. The molecule has 1 unspecified atom stereocenters. The van der Waals surface area contributed by atoms with Crippen molar-refractivity contribution in [1.29, 1.82) is 0 Å². The standard InChI is InChI=1S/C28H39F5O5S2/c1-26(29,28(32,33)40(36,37)38)27(30,31)39(34,35)25-23(20-13-7-3-8-14-20)17-22(19-11-5-2-6-12-19)18-24(25)21-15-9-4-10-16-21/h17-21H,2-16H2,1H3,(H,36,37,38). The molecule has 3 fully saturated rings. The Morgan fingerprint density at radius 3 is 1.32 bits per heavy atom. The van der Waals surface area contributed by atoms with Gasteiger partial charge in [-0.3, -0.25) is 4.55 Å². The Balaban J connectivity index is 1.99. The van der Waals surface area contributed by atoms with E-state index in [9.17, 15) is 25.6 Å². The molecule has 1 N–H and O–H groups in total. The van der Waals surface area contributed by atoms with Crippen LogP contribution in [0.15, 0.2) is 17.0 Å². The monoisotopic (exact) mass is 614 g/mol. The van der Waals surface area contributed by atoms with Crippen LogP contribution in [0.4, 0.5) is 22.0 Å². The van der Waals surface area contributed by atoms with Crippen molar-refractivity contribution in [2.75, 3.05) is 0 Å². The number of halogens is 5. The Morgan fingerprint density at radius 1 is 0.625 bits per heavy atom. The number of sulfone groups is 1. The molecule has 4 rings (SSSR count). The summed E-state index contributed by atoms with van der Waals surface area (Å²) in [6, 6.07) is 3.25. The lowest BCUT2D eigenvalue weighted by molar-refractivity contribution is -0.164. The first kappa shape index (κ1) is 31.7. The van der Waals surface area contributed by atoms with Gasteiger partial charge < -0.3 is 0 Å². The zero-order valence-electron chi connectivity index (χ0n) is 22.8. The van der Waals surface area contributed by atoms with Crippen molar-refractivity contribution in [3.8, 4) is 0 Å². The highest BCUT2D eigenvalue weighted by molar-refractivity contribution is 7.92. The molecule has 1 aromatic rings. The molecule has 0 aliphatic heterocycles. The van der Waals surface area contributed by atoms with Crippen molar-refractivity contribution < 1.29 is 43.3 Å². The first-order valence-electron chi connectivity index (χ1n) is 14.4. The topological polar surface area (TPSA) is 88.5 Å². The van der Waals surface area contributed by atoms with E-state index in [1.165, 1.54) is 0 Å². The lowest BCUT2D eigenvalue weighted by atomic mass is 9.76. The maximum absolute atomic E-state index is 15.8. The molecule has 12 heteroatoms.